The normalized spacial score (nSPS) is 12.2. The van der Waals surface area contributed by atoms with Gasteiger partial charge in [0.05, 0.1) is 0 Å². The number of rotatable bonds is 16. The maximum Gasteiger partial charge on any atom is 0.408 e. The summed E-state index contributed by atoms with van der Waals surface area (Å²) in [5, 5.41) is 14.0. The first-order valence-corrected chi connectivity index (χ1v) is 19.2. The van der Waals surface area contributed by atoms with Crippen molar-refractivity contribution in [1.29, 1.82) is 0 Å². The van der Waals surface area contributed by atoms with Crippen LogP contribution in [0.15, 0.2) is 109 Å². The fourth-order valence-electron chi connectivity index (χ4n) is 5.73. The molecule has 0 bridgehead atoms. The van der Waals surface area contributed by atoms with Crippen LogP contribution in [0.2, 0.25) is 0 Å². The molecule has 58 heavy (non-hydrogen) atoms. The number of ether oxygens (including phenoxy) is 3. The number of nitrogens with one attached hydrogen (secondary N) is 5. The predicted molar refractivity (Wildman–Crippen MR) is 220 cm³/mol. The number of amides is 5. The van der Waals surface area contributed by atoms with Crippen LogP contribution in [0, 0.1) is 0 Å². The molecule has 5 amide bonds. The zero-order valence-electron chi connectivity index (χ0n) is 34.1. The minimum Gasteiger partial charge on any atom is -0.445 e. The fourth-order valence-corrected chi connectivity index (χ4v) is 5.73. The molecule has 0 radical (unpaired) electrons. The van der Waals surface area contributed by atoms with Crippen LogP contribution in [0.5, 0.6) is 0 Å². The molecule has 13 heteroatoms. The topological polar surface area (TPSA) is 173 Å². The third-order valence-corrected chi connectivity index (χ3v) is 8.28. The summed E-state index contributed by atoms with van der Waals surface area (Å²) >= 11 is 0. The molecule has 13 nitrogen and oxygen atoms in total. The van der Waals surface area contributed by atoms with Gasteiger partial charge in [-0.3, -0.25) is 9.59 Å². The van der Waals surface area contributed by atoms with Crippen LogP contribution in [0.25, 0.3) is 0 Å². The van der Waals surface area contributed by atoms with Gasteiger partial charge in [0.25, 0.3) is 0 Å². The summed E-state index contributed by atoms with van der Waals surface area (Å²) in [6.45, 7) is 10.9. The van der Waals surface area contributed by atoms with Crippen LogP contribution < -0.4 is 26.6 Å². The van der Waals surface area contributed by atoms with Gasteiger partial charge in [0.15, 0.2) is 0 Å². The van der Waals surface area contributed by atoms with E-state index in [1.165, 1.54) is 0 Å². The Morgan fingerprint density at radius 1 is 0.466 bits per heavy atom. The Hall–Kier alpha value is -6.37. The highest BCUT2D eigenvalue weighted by atomic mass is 16.6. The van der Waals surface area contributed by atoms with E-state index in [2.05, 4.69) is 26.6 Å². The molecule has 0 aromatic heterocycles. The van der Waals surface area contributed by atoms with Gasteiger partial charge in [-0.15, -0.1) is 0 Å². The Morgan fingerprint density at radius 2 is 0.828 bits per heavy atom. The summed E-state index contributed by atoms with van der Waals surface area (Å²) in [5.74, 6) is -0.900. The predicted octanol–water partition coefficient (Wildman–Crippen LogP) is 6.62. The van der Waals surface area contributed by atoms with Gasteiger partial charge in [-0.05, 0) is 74.9 Å². The first kappa shape index (κ1) is 44.3. The molecule has 0 saturated carbocycles. The second-order valence-electron chi connectivity index (χ2n) is 15.8. The molecule has 0 saturated heterocycles. The van der Waals surface area contributed by atoms with Crippen LogP contribution in [0.1, 0.15) is 74.9 Å². The molecule has 0 heterocycles. The molecule has 0 spiro atoms. The summed E-state index contributed by atoms with van der Waals surface area (Å²) in [5.41, 5.74) is 2.74. The molecule has 0 fully saturated rings. The lowest BCUT2D eigenvalue weighted by molar-refractivity contribution is -0.124. The maximum atomic E-state index is 13.7. The van der Waals surface area contributed by atoms with Crippen molar-refractivity contribution in [3.63, 3.8) is 0 Å². The molecule has 0 aliphatic rings. The Morgan fingerprint density at radius 3 is 1.22 bits per heavy atom. The Kier molecular flexibility index (Phi) is 16.2. The first-order chi connectivity index (χ1) is 27.5. The van der Waals surface area contributed by atoms with E-state index in [0.717, 1.165) is 16.7 Å². The maximum absolute atomic E-state index is 13.7. The summed E-state index contributed by atoms with van der Waals surface area (Å²) in [4.78, 5) is 66.3. The average molecular weight is 794 g/mol. The van der Waals surface area contributed by atoms with E-state index in [9.17, 15) is 24.0 Å². The van der Waals surface area contributed by atoms with E-state index in [-0.39, 0.29) is 39.1 Å². The zero-order chi connectivity index (χ0) is 42.1. The van der Waals surface area contributed by atoms with Gasteiger partial charge in [0, 0.05) is 32.5 Å². The van der Waals surface area contributed by atoms with Gasteiger partial charge in [-0.25, -0.2) is 14.4 Å². The van der Waals surface area contributed by atoms with Gasteiger partial charge in [0.2, 0.25) is 11.8 Å². The molecule has 308 valence electrons. The largest absolute Gasteiger partial charge is 0.445 e. The number of hydrogen-bond acceptors (Lipinski definition) is 8. The Balaban J connectivity index is 1.63. The molecule has 4 rings (SSSR count). The molecule has 0 unspecified atom stereocenters. The van der Waals surface area contributed by atoms with E-state index in [4.69, 9.17) is 14.2 Å². The van der Waals surface area contributed by atoms with Crippen molar-refractivity contribution >= 4 is 30.1 Å². The van der Waals surface area contributed by atoms with Crippen molar-refractivity contribution in [2.75, 3.05) is 0 Å². The molecular formula is C45H55N5O8. The number of hydrogen-bond donors (Lipinski definition) is 5. The highest BCUT2D eigenvalue weighted by molar-refractivity contribution is 5.87. The van der Waals surface area contributed by atoms with E-state index in [1.54, 1.807) is 59.7 Å². The lowest BCUT2D eigenvalue weighted by Gasteiger charge is -2.25. The lowest BCUT2D eigenvalue weighted by atomic mass is 9.96. The van der Waals surface area contributed by atoms with Gasteiger partial charge in [0.1, 0.15) is 29.9 Å². The van der Waals surface area contributed by atoms with E-state index >= 15 is 0 Å². The number of alkyl carbamates (subject to hydrolysis) is 3. The van der Waals surface area contributed by atoms with Gasteiger partial charge >= 0.3 is 18.3 Å². The molecule has 4 aromatic carbocycles. The Labute approximate surface area is 340 Å². The molecular weight excluding hydrogens is 739 g/mol. The minimum absolute atomic E-state index is 0.0174. The molecule has 0 aliphatic carbocycles. The monoisotopic (exact) mass is 793 g/mol. The van der Waals surface area contributed by atoms with E-state index in [1.807, 2.05) is 91.0 Å². The van der Waals surface area contributed by atoms with Crippen molar-refractivity contribution in [2.24, 2.45) is 0 Å². The second kappa shape index (κ2) is 21.2. The first-order valence-electron chi connectivity index (χ1n) is 19.2. The zero-order valence-corrected chi connectivity index (χ0v) is 34.1. The second-order valence-corrected chi connectivity index (χ2v) is 15.8. The summed E-state index contributed by atoms with van der Waals surface area (Å²) in [7, 11) is 0. The van der Waals surface area contributed by atoms with E-state index in [0.29, 0.717) is 16.7 Å². The third-order valence-electron chi connectivity index (χ3n) is 8.28. The SMILES string of the molecule is CC(C)(C)OC(=O)N[C@@H](Cc1cc(CNC(=O)OCc2ccccc2)cc(C[C@H](NC(=O)OC(C)(C)C)C(=O)NCc2ccccc2)c1)C(=O)NCc1ccccc1. The van der Waals surface area contributed by atoms with Gasteiger partial charge in [-0.1, -0.05) is 109 Å². The number of carbonyl (C=O) groups is 5. The van der Waals surface area contributed by atoms with Crippen molar-refractivity contribution in [1.82, 2.24) is 26.6 Å². The lowest BCUT2D eigenvalue weighted by Crippen LogP contribution is -2.49. The molecule has 5 N–H and O–H groups in total. The van der Waals surface area contributed by atoms with Crippen molar-refractivity contribution in [3.8, 4) is 0 Å². The van der Waals surface area contributed by atoms with Crippen LogP contribution in [-0.2, 0) is 62.9 Å². The van der Waals surface area contributed by atoms with Crippen molar-refractivity contribution < 1.29 is 38.2 Å². The smallest absolute Gasteiger partial charge is 0.408 e. The van der Waals surface area contributed by atoms with Crippen LogP contribution >= 0.6 is 0 Å². The highest BCUT2D eigenvalue weighted by Crippen LogP contribution is 2.17. The van der Waals surface area contributed by atoms with Crippen LogP contribution in [0.3, 0.4) is 0 Å². The van der Waals surface area contributed by atoms with Crippen LogP contribution in [-0.4, -0.2) is 53.4 Å². The van der Waals surface area contributed by atoms with E-state index < -0.39 is 53.4 Å². The van der Waals surface area contributed by atoms with Gasteiger partial charge in [-0.2, -0.15) is 0 Å². The molecule has 0 aliphatic heterocycles. The Bertz CT molecular complexity index is 1850. The van der Waals surface area contributed by atoms with Crippen molar-refractivity contribution in [3.05, 3.63) is 143 Å². The number of benzene rings is 4. The third kappa shape index (κ3) is 16.8. The fraction of sp³-hybridized carbons (Fsp3) is 0.356. The summed E-state index contributed by atoms with van der Waals surface area (Å²) in [6, 6.07) is 31.2. The van der Waals surface area contributed by atoms with Crippen LogP contribution in [0.4, 0.5) is 14.4 Å². The summed E-state index contributed by atoms with van der Waals surface area (Å²) in [6.07, 6.45) is -2.16. The van der Waals surface area contributed by atoms with Gasteiger partial charge < -0.3 is 40.8 Å². The molecule has 2 atom stereocenters. The minimum atomic E-state index is -1.07. The number of carbonyl (C=O) groups excluding carboxylic acids is 5. The molecule has 4 aromatic rings. The highest BCUT2D eigenvalue weighted by Gasteiger charge is 2.27. The summed E-state index contributed by atoms with van der Waals surface area (Å²) < 4.78 is 16.4. The standard InChI is InChI=1S/C45H55N5O8/c1-44(2,3)57-42(54)49-37(39(51)46-27-31-16-10-7-11-17-31)25-34-22-35(24-36(23-34)29-48-41(53)56-30-33-20-14-9-15-21-33)26-38(50-43(55)58-45(4,5)6)40(52)47-28-32-18-12-8-13-19-32/h7-24,37-38H,25-30H2,1-6H3,(H,46,51)(H,47,52)(H,48,53)(H,49,54)(H,50,55)/t37-,38-/m0/s1. The van der Waals surface area contributed by atoms with Crippen molar-refractivity contribution in [2.45, 2.75) is 104 Å². The quantitative estimate of drug-likeness (QED) is 0.0788. The average Bonchev–Trinajstić information content (AvgIpc) is 3.16.